The third-order valence-corrected chi connectivity index (χ3v) is 3.12. The number of benzene rings is 2. The summed E-state index contributed by atoms with van der Waals surface area (Å²) < 4.78 is 13.1. The first-order valence-electron chi connectivity index (χ1n) is 5.95. The molecule has 3 N–H and O–H groups in total. The van der Waals surface area contributed by atoms with Crippen LogP contribution in [0.25, 0.3) is 0 Å². The van der Waals surface area contributed by atoms with Crippen LogP contribution in [0.3, 0.4) is 0 Å². The van der Waals surface area contributed by atoms with Gasteiger partial charge in [-0.25, -0.2) is 4.39 Å². The Labute approximate surface area is 117 Å². The monoisotopic (exact) mass is 274 g/mol. The molecule has 0 saturated heterocycles. The van der Waals surface area contributed by atoms with Gasteiger partial charge in [0.05, 0.1) is 0 Å². The van der Waals surface area contributed by atoms with Gasteiger partial charge in [0, 0.05) is 17.8 Å². The molecule has 2 aromatic carbocycles. The molecular weight excluding hydrogens is 259 g/mol. The maximum atomic E-state index is 13.1. The zero-order valence-electron chi connectivity index (χ0n) is 10.6. The van der Waals surface area contributed by atoms with E-state index in [0.717, 1.165) is 22.4 Å². The summed E-state index contributed by atoms with van der Waals surface area (Å²) in [4.78, 5) is 0.389. The molecule has 0 aliphatic carbocycles. The molecule has 0 unspecified atom stereocenters. The molecule has 0 amide bonds. The number of hydrogen-bond acceptors (Lipinski definition) is 2. The summed E-state index contributed by atoms with van der Waals surface area (Å²) in [5, 5.41) is 3.27. The minimum absolute atomic E-state index is 0.222. The van der Waals surface area contributed by atoms with Crippen LogP contribution in [-0.2, 0) is 6.54 Å². The molecule has 0 aliphatic heterocycles. The highest BCUT2D eigenvalue weighted by molar-refractivity contribution is 7.80. The van der Waals surface area contributed by atoms with E-state index in [1.165, 1.54) is 12.1 Å². The van der Waals surface area contributed by atoms with Crippen LogP contribution in [0.2, 0.25) is 0 Å². The highest BCUT2D eigenvalue weighted by Crippen LogP contribution is 2.17. The van der Waals surface area contributed by atoms with Crippen molar-refractivity contribution in [3.8, 4) is 0 Å². The lowest BCUT2D eigenvalue weighted by atomic mass is 10.1. The first-order valence-corrected chi connectivity index (χ1v) is 6.36. The summed E-state index contributed by atoms with van der Waals surface area (Å²) in [5.41, 5.74) is 9.38. The van der Waals surface area contributed by atoms with Gasteiger partial charge >= 0.3 is 0 Å². The van der Waals surface area contributed by atoms with E-state index < -0.39 is 0 Å². The molecule has 2 nitrogen and oxygen atoms in total. The van der Waals surface area contributed by atoms with Crippen molar-refractivity contribution in [3.05, 3.63) is 65.0 Å². The molecule has 2 aromatic rings. The van der Waals surface area contributed by atoms with Gasteiger partial charge in [-0.15, -0.1) is 0 Å². The van der Waals surface area contributed by atoms with Crippen LogP contribution in [0.15, 0.2) is 42.5 Å². The molecule has 0 bridgehead atoms. The second-order valence-electron chi connectivity index (χ2n) is 4.38. The summed E-state index contributed by atoms with van der Waals surface area (Å²) in [6.07, 6.45) is 0. The molecule has 0 saturated carbocycles. The molecule has 4 heteroatoms. The molecule has 0 spiro atoms. The molecule has 0 heterocycles. The van der Waals surface area contributed by atoms with Gasteiger partial charge in [0.1, 0.15) is 10.8 Å². The van der Waals surface area contributed by atoms with Crippen molar-refractivity contribution in [1.29, 1.82) is 0 Å². The number of nitrogens with two attached hydrogens (primary N) is 1. The van der Waals surface area contributed by atoms with Crippen molar-refractivity contribution in [3.63, 3.8) is 0 Å². The van der Waals surface area contributed by atoms with E-state index in [0.29, 0.717) is 11.5 Å². The molecular formula is C15H15FN2S. The van der Waals surface area contributed by atoms with E-state index >= 15 is 0 Å². The van der Waals surface area contributed by atoms with Crippen LogP contribution in [0.5, 0.6) is 0 Å². The summed E-state index contributed by atoms with van der Waals surface area (Å²) in [6.45, 7) is 2.56. The first kappa shape index (κ1) is 13.5. The van der Waals surface area contributed by atoms with Gasteiger partial charge in [0.25, 0.3) is 0 Å². The van der Waals surface area contributed by atoms with Gasteiger partial charge in [0.2, 0.25) is 0 Å². The van der Waals surface area contributed by atoms with Crippen molar-refractivity contribution in [2.45, 2.75) is 13.5 Å². The predicted octanol–water partition coefficient (Wildman–Crippen LogP) is 3.38. The van der Waals surface area contributed by atoms with E-state index in [-0.39, 0.29) is 5.82 Å². The lowest BCUT2D eigenvalue weighted by molar-refractivity contribution is 0.626. The maximum Gasteiger partial charge on any atom is 0.123 e. The smallest absolute Gasteiger partial charge is 0.123 e. The van der Waals surface area contributed by atoms with Crippen LogP contribution in [0, 0.1) is 12.7 Å². The van der Waals surface area contributed by atoms with Crippen LogP contribution in [-0.4, -0.2) is 4.99 Å². The molecule has 0 aliphatic rings. The Kier molecular flexibility index (Phi) is 4.12. The normalized spacial score (nSPS) is 10.2. The number of aryl methyl sites for hydroxylation is 1. The minimum atomic E-state index is -0.222. The standard InChI is InChI=1S/C15H15FN2S/c1-10-7-12(15(17)19)5-6-14(10)18-9-11-3-2-4-13(16)8-11/h2-8,18H,9H2,1H3,(H2,17,19). The van der Waals surface area contributed by atoms with E-state index in [4.69, 9.17) is 18.0 Å². The van der Waals surface area contributed by atoms with E-state index in [2.05, 4.69) is 5.32 Å². The highest BCUT2D eigenvalue weighted by Gasteiger charge is 2.02. The van der Waals surface area contributed by atoms with Gasteiger partial charge in [-0.2, -0.15) is 0 Å². The molecule has 98 valence electrons. The molecule has 0 fully saturated rings. The summed E-state index contributed by atoms with van der Waals surface area (Å²) >= 11 is 4.94. The summed E-state index contributed by atoms with van der Waals surface area (Å²) in [5.74, 6) is -0.222. The van der Waals surface area contributed by atoms with E-state index in [1.807, 2.05) is 31.2 Å². The van der Waals surface area contributed by atoms with Crippen LogP contribution in [0.1, 0.15) is 16.7 Å². The Morgan fingerprint density at radius 3 is 2.68 bits per heavy atom. The highest BCUT2D eigenvalue weighted by atomic mass is 32.1. The van der Waals surface area contributed by atoms with Crippen molar-refractivity contribution >= 4 is 22.9 Å². The number of nitrogens with one attached hydrogen (secondary N) is 1. The van der Waals surface area contributed by atoms with Gasteiger partial charge in [-0.05, 0) is 48.4 Å². The van der Waals surface area contributed by atoms with Gasteiger partial charge in [-0.3, -0.25) is 0 Å². The zero-order chi connectivity index (χ0) is 13.8. The minimum Gasteiger partial charge on any atom is -0.389 e. The van der Waals surface area contributed by atoms with Crippen molar-refractivity contribution in [1.82, 2.24) is 0 Å². The number of thiocarbonyl (C=S) groups is 1. The summed E-state index contributed by atoms with van der Waals surface area (Å²) in [6, 6.07) is 12.3. The number of halogens is 1. The van der Waals surface area contributed by atoms with Crippen molar-refractivity contribution in [2.24, 2.45) is 5.73 Å². The fraction of sp³-hybridized carbons (Fsp3) is 0.133. The Bertz CT molecular complexity index is 611. The SMILES string of the molecule is Cc1cc(C(N)=S)ccc1NCc1cccc(F)c1. The van der Waals surface area contributed by atoms with Gasteiger partial charge in [-0.1, -0.05) is 24.4 Å². The quantitative estimate of drug-likeness (QED) is 0.839. The number of rotatable bonds is 4. The molecule has 0 atom stereocenters. The number of hydrogen-bond donors (Lipinski definition) is 2. The Morgan fingerprint density at radius 1 is 1.26 bits per heavy atom. The molecule has 19 heavy (non-hydrogen) atoms. The molecule has 0 aromatic heterocycles. The van der Waals surface area contributed by atoms with E-state index in [9.17, 15) is 4.39 Å². The number of anilines is 1. The van der Waals surface area contributed by atoms with Crippen molar-refractivity contribution in [2.75, 3.05) is 5.32 Å². The van der Waals surface area contributed by atoms with Gasteiger partial charge < -0.3 is 11.1 Å². The largest absolute Gasteiger partial charge is 0.389 e. The van der Waals surface area contributed by atoms with Crippen LogP contribution < -0.4 is 11.1 Å². The summed E-state index contributed by atoms with van der Waals surface area (Å²) in [7, 11) is 0. The maximum absolute atomic E-state index is 13.1. The lowest BCUT2D eigenvalue weighted by Gasteiger charge is -2.11. The lowest BCUT2D eigenvalue weighted by Crippen LogP contribution is -2.10. The topological polar surface area (TPSA) is 38.0 Å². The average molecular weight is 274 g/mol. The fourth-order valence-electron chi connectivity index (χ4n) is 1.86. The van der Waals surface area contributed by atoms with Crippen molar-refractivity contribution < 1.29 is 4.39 Å². The molecule has 0 radical (unpaired) electrons. The Balaban J connectivity index is 2.10. The zero-order valence-corrected chi connectivity index (χ0v) is 11.4. The van der Waals surface area contributed by atoms with E-state index in [1.54, 1.807) is 6.07 Å². The predicted molar refractivity (Wildman–Crippen MR) is 80.8 cm³/mol. The Hall–Kier alpha value is -1.94. The first-order chi connectivity index (χ1) is 9.06. The second-order valence-corrected chi connectivity index (χ2v) is 4.82. The van der Waals surface area contributed by atoms with Crippen LogP contribution >= 0.6 is 12.2 Å². The fourth-order valence-corrected chi connectivity index (χ4v) is 1.99. The Morgan fingerprint density at radius 2 is 2.05 bits per heavy atom. The third kappa shape index (κ3) is 3.51. The average Bonchev–Trinajstić information content (AvgIpc) is 2.37. The second kappa shape index (κ2) is 5.80. The van der Waals surface area contributed by atoms with Gasteiger partial charge in [0.15, 0.2) is 0 Å². The van der Waals surface area contributed by atoms with Crippen LogP contribution in [0.4, 0.5) is 10.1 Å². The molecule has 2 rings (SSSR count). The third-order valence-electron chi connectivity index (χ3n) is 2.88.